The van der Waals surface area contributed by atoms with Crippen LogP contribution in [0, 0.1) is 11.6 Å². The summed E-state index contributed by atoms with van der Waals surface area (Å²) >= 11 is 0. The first-order valence-corrected chi connectivity index (χ1v) is 8.64. The summed E-state index contributed by atoms with van der Waals surface area (Å²) in [4.78, 5) is 28.2. The molecule has 0 spiro atoms. The Morgan fingerprint density at radius 2 is 1.90 bits per heavy atom. The summed E-state index contributed by atoms with van der Waals surface area (Å²) in [7, 11) is 0. The van der Waals surface area contributed by atoms with E-state index >= 15 is 0 Å². The number of carbonyl (C=O) groups is 2. The van der Waals surface area contributed by atoms with Crippen LogP contribution in [0.25, 0.3) is 5.57 Å². The molecule has 2 rings (SSSR count). The standard InChI is InChI=1S/C20H22F2N4O3/c1-11(23)16(18(27)26-20(2,3)19(24)28)15-9-13(7-8-25-15)29-10-12-5-4-6-14(21)17(12)22/h4-9H,10,23H2,1-3H3,(H2,24,28)(H,26,27)/b16-11+. The number of benzene rings is 1. The highest BCUT2D eigenvalue weighted by molar-refractivity contribution is 6.20. The Morgan fingerprint density at radius 1 is 1.21 bits per heavy atom. The van der Waals surface area contributed by atoms with Gasteiger partial charge in [-0.25, -0.2) is 8.78 Å². The molecule has 1 aromatic heterocycles. The van der Waals surface area contributed by atoms with Crippen molar-refractivity contribution in [3.63, 3.8) is 0 Å². The van der Waals surface area contributed by atoms with Gasteiger partial charge in [0, 0.05) is 23.5 Å². The van der Waals surface area contributed by atoms with Crippen molar-refractivity contribution in [1.82, 2.24) is 10.3 Å². The Morgan fingerprint density at radius 3 is 2.52 bits per heavy atom. The fourth-order valence-corrected chi connectivity index (χ4v) is 2.36. The van der Waals surface area contributed by atoms with Gasteiger partial charge in [-0.05, 0) is 32.9 Å². The highest BCUT2D eigenvalue weighted by atomic mass is 19.2. The predicted octanol–water partition coefficient (Wildman–Crippen LogP) is 2.01. The van der Waals surface area contributed by atoms with Crippen LogP contribution in [-0.4, -0.2) is 22.3 Å². The quantitative estimate of drug-likeness (QED) is 0.610. The molecule has 9 heteroatoms. The molecule has 0 saturated carbocycles. The maximum Gasteiger partial charge on any atom is 0.256 e. The number of rotatable bonds is 7. The number of aromatic nitrogens is 1. The summed E-state index contributed by atoms with van der Waals surface area (Å²) < 4.78 is 32.6. The smallest absolute Gasteiger partial charge is 0.256 e. The van der Waals surface area contributed by atoms with Crippen molar-refractivity contribution in [2.45, 2.75) is 32.9 Å². The average molecular weight is 404 g/mol. The monoisotopic (exact) mass is 404 g/mol. The van der Waals surface area contributed by atoms with Crippen molar-refractivity contribution >= 4 is 17.4 Å². The van der Waals surface area contributed by atoms with Gasteiger partial charge in [0.25, 0.3) is 5.91 Å². The van der Waals surface area contributed by atoms with Crippen molar-refractivity contribution in [3.05, 3.63) is 65.1 Å². The van der Waals surface area contributed by atoms with Gasteiger partial charge in [-0.15, -0.1) is 0 Å². The summed E-state index contributed by atoms with van der Waals surface area (Å²) in [6, 6.07) is 6.71. The van der Waals surface area contributed by atoms with Crippen LogP contribution in [-0.2, 0) is 16.2 Å². The van der Waals surface area contributed by atoms with Crippen molar-refractivity contribution in [2.75, 3.05) is 0 Å². The maximum atomic E-state index is 13.8. The van der Waals surface area contributed by atoms with Crippen LogP contribution in [0.4, 0.5) is 8.78 Å². The molecule has 1 aromatic carbocycles. The molecule has 154 valence electrons. The fourth-order valence-electron chi connectivity index (χ4n) is 2.36. The topological polar surface area (TPSA) is 120 Å². The number of nitrogens with one attached hydrogen (secondary N) is 1. The zero-order valence-electron chi connectivity index (χ0n) is 16.3. The second kappa shape index (κ2) is 8.68. The molecule has 0 unspecified atom stereocenters. The predicted molar refractivity (Wildman–Crippen MR) is 103 cm³/mol. The number of pyridine rings is 1. The van der Waals surface area contributed by atoms with Crippen molar-refractivity contribution in [1.29, 1.82) is 0 Å². The van der Waals surface area contributed by atoms with Gasteiger partial charge in [0.1, 0.15) is 17.9 Å². The minimum absolute atomic E-state index is 0.0294. The van der Waals surface area contributed by atoms with Gasteiger partial charge in [0.2, 0.25) is 5.91 Å². The molecule has 2 aromatic rings. The Bertz CT molecular complexity index is 970. The van der Waals surface area contributed by atoms with E-state index in [-0.39, 0.29) is 34.9 Å². The van der Waals surface area contributed by atoms with Gasteiger partial charge in [-0.2, -0.15) is 0 Å². The lowest BCUT2D eigenvalue weighted by molar-refractivity contribution is -0.127. The normalized spacial score (nSPS) is 12.2. The second-order valence-electron chi connectivity index (χ2n) is 6.88. The Balaban J connectivity index is 2.25. The van der Waals surface area contributed by atoms with Crippen LogP contribution in [0.2, 0.25) is 0 Å². The minimum atomic E-state index is -1.30. The number of nitrogens with zero attached hydrogens (tertiary/aromatic N) is 1. The molecule has 1 heterocycles. The number of primary amides is 1. The molecule has 0 radical (unpaired) electrons. The van der Waals surface area contributed by atoms with E-state index in [0.717, 1.165) is 6.07 Å². The van der Waals surface area contributed by atoms with E-state index in [2.05, 4.69) is 10.3 Å². The van der Waals surface area contributed by atoms with Crippen LogP contribution in [0.15, 0.2) is 42.2 Å². The number of hydrogen-bond donors (Lipinski definition) is 3. The van der Waals surface area contributed by atoms with E-state index in [1.54, 1.807) is 0 Å². The van der Waals surface area contributed by atoms with Crippen LogP contribution in [0.3, 0.4) is 0 Å². The minimum Gasteiger partial charge on any atom is -0.489 e. The van der Waals surface area contributed by atoms with E-state index in [1.807, 2.05) is 0 Å². The summed E-state index contributed by atoms with van der Waals surface area (Å²) in [5.74, 6) is -3.07. The molecule has 0 aliphatic rings. The lowest BCUT2D eigenvalue weighted by atomic mass is 10.0. The first kappa shape index (κ1) is 21.8. The molecule has 0 bridgehead atoms. The molecule has 0 aliphatic heterocycles. The molecule has 0 fully saturated rings. The van der Waals surface area contributed by atoms with Gasteiger partial charge in [-0.3, -0.25) is 14.6 Å². The first-order chi connectivity index (χ1) is 13.5. The average Bonchev–Trinajstić information content (AvgIpc) is 2.62. The highest BCUT2D eigenvalue weighted by Crippen LogP contribution is 2.22. The third kappa shape index (κ3) is 5.28. The number of carbonyl (C=O) groups excluding carboxylic acids is 2. The van der Waals surface area contributed by atoms with Gasteiger partial charge < -0.3 is 21.5 Å². The van der Waals surface area contributed by atoms with Crippen LogP contribution in [0.5, 0.6) is 5.75 Å². The lowest BCUT2D eigenvalue weighted by Gasteiger charge is -2.23. The number of amides is 2. The summed E-state index contributed by atoms with van der Waals surface area (Å²) in [5.41, 5.74) is 10.2. The fraction of sp³-hybridized carbons (Fsp3) is 0.250. The first-order valence-electron chi connectivity index (χ1n) is 8.64. The van der Waals surface area contributed by atoms with Crippen LogP contribution < -0.4 is 21.5 Å². The van der Waals surface area contributed by atoms with Crippen molar-refractivity contribution in [2.24, 2.45) is 11.5 Å². The summed E-state index contributed by atoms with van der Waals surface area (Å²) in [6.45, 7) is 4.19. The van der Waals surface area contributed by atoms with Gasteiger partial charge >= 0.3 is 0 Å². The van der Waals surface area contributed by atoms with Crippen molar-refractivity contribution in [3.8, 4) is 5.75 Å². The third-order valence-electron chi connectivity index (χ3n) is 4.08. The number of nitrogens with two attached hydrogens (primary N) is 2. The molecule has 0 saturated heterocycles. The molecule has 7 nitrogen and oxygen atoms in total. The molecule has 5 N–H and O–H groups in total. The van der Waals surface area contributed by atoms with Gasteiger partial charge in [0.05, 0.1) is 11.3 Å². The lowest BCUT2D eigenvalue weighted by Crippen LogP contribution is -2.53. The number of halogens is 2. The molecule has 0 aliphatic carbocycles. The van der Waals surface area contributed by atoms with E-state index in [4.69, 9.17) is 16.2 Å². The maximum absolute atomic E-state index is 13.8. The Hall–Kier alpha value is -3.49. The van der Waals surface area contributed by atoms with E-state index < -0.39 is 29.0 Å². The van der Waals surface area contributed by atoms with E-state index in [1.165, 1.54) is 51.2 Å². The highest BCUT2D eigenvalue weighted by Gasteiger charge is 2.29. The zero-order valence-corrected chi connectivity index (χ0v) is 16.3. The molecular formula is C20H22F2N4O3. The summed E-state index contributed by atoms with van der Waals surface area (Å²) in [5, 5.41) is 2.50. The van der Waals surface area contributed by atoms with Gasteiger partial charge in [0.15, 0.2) is 11.6 Å². The number of allylic oxidation sites excluding steroid dienone is 1. The van der Waals surface area contributed by atoms with Crippen LogP contribution >= 0.6 is 0 Å². The Labute approximate surface area is 166 Å². The number of hydrogen-bond acceptors (Lipinski definition) is 5. The van der Waals surface area contributed by atoms with E-state index in [9.17, 15) is 18.4 Å². The molecule has 2 amide bonds. The van der Waals surface area contributed by atoms with Crippen molar-refractivity contribution < 1.29 is 23.1 Å². The molecular weight excluding hydrogens is 382 g/mol. The molecule has 0 atom stereocenters. The zero-order chi connectivity index (χ0) is 21.8. The van der Waals surface area contributed by atoms with Crippen LogP contribution in [0.1, 0.15) is 32.0 Å². The van der Waals surface area contributed by atoms with Gasteiger partial charge in [-0.1, -0.05) is 12.1 Å². The summed E-state index contributed by atoms with van der Waals surface area (Å²) in [6.07, 6.45) is 1.38. The molecule has 29 heavy (non-hydrogen) atoms. The third-order valence-corrected chi connectivity index (χ3v) is 4.08. The Kier molecular flexibility index (Phi) is 6.53. The largest absolute Gasteiger partial charge is 0.489 e. The van der Waals surface area contributed by atoms with E-state index in [0.29, 0.717) is 0 Å². The SMILES string of the molecule is C/C(N)=C(\C(=O)NC(C)(C)C(N)=O)c1cc(OCc2cccc(F)c2F)ccn1. The number of ether oxygens (including phenoxy) is 1. The second-order valence-corrected chi connectivity index (χ2v) is 6.88.